The van der Waals surface area contributed by atoms with E-state index in [4.69, 9.17) is 9.84 Å². The molecule has 0 saturated heterocycles. The summed E-state index contributed by atoms with van der Waals surface area (Å²) < 4.78 is 23.2. The fourth-order valence-corrected chi connectivity index (χ4v) is 1.69. The fourth-order valence-electron chi connectivity index (χ4n) is 1.69. The number of carboxylic acid groups (broad SMARTS) is 1. The molecule has 1 aromatic carbocycles. The van der Waals surface area contributed by atoms with E-state index >= 15 is 0 Å². The highest BCUT2D eigenvalue weighted by Crippen LogP contribution is 2.33. The Balaban J connectivity index is 2.58. The number of halogens is 1. The lowest BCUT2D eigenvalue weighted by Crippen LogP contribution is -1.94. The van der Waals surface area contributed by atoms with Gasteiger partial charge in [-0.05, 0) is 24.6 Å². The minimum Gasteiger partial charge on any atom is -0.496 e. The second kappa shape index (κ2) is 4.48. The van der Waals surface area contributed by atoms with Gasteiger partial charge in [0.2, 0.25) is 5.76 Å². The second-order valence-electron chi connectivity index (χ2n) is 3.69. The standard InChI is InChI=1S/C12H10FNO4/c1-6-3-7(13)4-8(11(6)17-2)9-5-10(12(15)16)18-14-9/h3-5H,1-2H3,(H,15,16). The maximum absolute atomic E-state index is 13.4. The van der Waals surface area contributed by atoms with Crippen LogP contribution in [0.25, 0.3) is 11.3 Å². The summed E-state index contributed by atoms with van der Waals surface area (Å²) in [5.41, 5.74) is 1.16. The summed E-state index contributed by atoms with van der Waals surface area (Å²) in [5.74, 6) is -1.57. The molecular formula is C12H10FNO4. The van der Waals surface area contributed by atoms with Gasteiger partial charge in [-0.3, -0.25) is 0 Å². The summed E-state index contributed by atoms with van der Waals surface area (Å²) in [5, 5.41) is 12.3. The van der Waals surface area contributed by atoms with Gasteiger partial charge in [-0.2, -0.15) is 0 Å². The van der Waals surface area contributed by atoms with Gasteiger partial charge in [0.25, 0.3) is 0 Å². The Kier molecular flexibility index (Phi) is 3.01. The molecule has 1 N–H and O–H groups in total. The average Bonchev–Trinajstić information content (AvgIpc) is 2.77. The van der Waals surface area contributed by atoms with Crippen LogP contribution in [0.2, 0.25) is 0 Å². The van der Waals surface area contributed by atoms with Crippen molar-refractivity contribution in [3.8, 4) is 17.0 Å². The molecule has 0 bridgehead atoms. The zero-order chi connectivity index (χ0) is 13.3. The zero-order valence-electron chi connectivity index (χ0n) is 9.73. The van der Waals surface area contributed by atoms with Crippen molar-refractivity contribution in [3.05, 3.63) is 35.3 Å². The Labute approximate surface area is 102 Å². The van der Waals surface area contributed by atoms with E-state index in [2.05, 4.69) is 9.68 Å². The van der Waals surface area contributed by atoms with E-state index in [-0.39, 0.29) is 11.5 Å². The molecule has 5 nitrogen and oxygen atoms in total. The summed E-state index contributed by atoms with van der Waals surface area (Å²) in [7, 11) is 1.45. The fraction of sp³-hybridized carbons (Fsp3) is 0.167. The molecule has 1 aromatic heterocycles. The van der Waals surface area contributed by atoms with Gasteiger partial charge in [-0.1, -0.05) is 5.16 Å². The largest absolute Gasteiger partial charge is 0.496 e. The highest BCUT2D eigenvalue weighted by Gasteiger charge is 2.17. The number of rotatable bonds is 3. The van der Waals surface area contributed by atoms with Crippen molar-refractivity contribution in [2.75, 3.05) is 7.11 Å². The topological polar surface area (TPSA) is 72.6 Å². The van der Waals surface area contributed by atoms with Crippen molar-refractivity contribution < 1.29 is 23.6 Å². The maximum atomic E-state index is 13.4. The number of hydrogen-bond donors (Lipinski definition) is 1. The Bertz CT molecular complexity index is 606. The van der Waals surface area contributed by atoms with Gasteiger partial charge < -0.3 is 14.4 Å². The summed E-state index contributed by atoms with van der Waals surface area (Å²) in [4.78, 5) is 10.7. The van der Waals surface area contributed by atoms with Crippen LogP contribution in [0.1, 0.15) is 16.1 Å². The lowest BCUT2D eigenvalue weighted by atomic mass is 10.1. The summed E-state index contributed by atoms with van der Waals surface area (Å²) in [6, 6.07) is 3.76. The lowest BCUT2D eigenvalue weighted by Gasteiger charge is -2.09. The van der Waals surface area contributed by atoms with Gasteiger partial charge in [0.1, 0.15) is 17.3 Å². The number of aromatic nitrogens is 1. The van der Waals surface area contributed by atoms with E-state index in [1.807, 2.05) is 0 Å². The van der Waals surface area contributed by atoms with Crippen LogP contribution in [0, 0.1) is 12.7 Å². The van der Waals surface area contributed by atoms with Gasteiger partial charge >= 0.3 is 5.97 Å². The molecule has 0 fully saturated rings. The third-order valence-corrected chi connectivity index (χ3v) is 2.44. The smallest absolute Gasteiger partial charge is 0.374 e. The van der Waals surface area contributed by atoms with E-state index in [0.29, 0.717) is 16.9 Å². The highest BCUT2D eigenvalue weighted by molar-refractivity contribution is 5.86. The molecular weight excluding hydrogens is 241 g/mol. The second-order valence-corrected chi connectivity index (χ2v) is 3.69. The number of aryl methyl sites for hydroxylation is 1. The van der Waals surface area contributed by atoms with Gasteiger partial charge in [0.15, 0.2) is 0 Å². The van der Waals surface area contributed by atoms with Crippen molar-refractivity contribution in [3.63, 3.8) is 0 Å². The molecule has 0 aliphatic rings. The summed E-state index contributed by atoms with van der Waals surface area (Å²) >= 11 is 0. The Morgan fingerprint density at radius 3 is 2.72 bits per heavy atom. The Morgan fingerprint density at radius 2 is 2.17 bits per heavy atom. The number of benzene rings is 1. The van der Waals surface area contributed by atoms with E-state index < -0.39 is 11.8 Å². The van der Waals surface area contributed by atoms with Crippen molar-refractivity contribution in [2.45, 2.75) is 6.92 Å². The molecule has 0 aliphatic heterocycles. The van der Waals surface area contributed by atoms with Crippen molar-refractivity contribution in [1.29, 1.82) is 0 Å². The number of aromatic carboxylic acids is 1. The van der Waals surface area contributed by atoms with Crippen molar-refractivity contribution in [1.82, 2.24) is 5.16 Å². The molecule has 2 aromatic rings. The molecule has 0 atom stereocenters. The lowest BCUT2D eigenvalue weighted by molar-refractivity contribution is 0.0652. The minimum atomic E-state index is -1.24. The van der Waals surface area contributed by atoms with Gasteiger partial charge in [-0.25, -0.2) is 9.18 Å². The minimum absolute atomic E-state index is 0.215. The normalized spacial score (nSPS) is 10.4. The highest BCUT2D eigenvalue weighted by atomic mass is 19.1. The van der Waals surface area contributed by atoms with Gasteiger partial charge in [-0.15, -0.1) is 0 Å². The molecule has 1 heterocycles. The van der Waals surface area contributed by atoms with Crippen LogP contribution in [0.5, 0.6) is 5.75 Å². The number of hydrogen-bond acceptors (Lipinski definition) is 4. The average molecular weight is 251 g/mol. The van der Waals surface area contributed by atoms with Crippen LogP contribution >= 0.6 is 0 Å². The van der Waals surface area contributed by atoms with Crippen LogP contribution in [0.15, 0.2) is 22.7 Å². The first-order chi connectivity index (χ1) is 8.52. The first-order valence-corrected chi connectivity index (χ1v) is 5.07. The maximum Gasteiger partial charge on any atom is 0.374 e. The number of carboxylic acids is 1. The molecule has 0 saturated carbocycles. The number of ether oxygens (including phenoxy) is 1. The first kappa shape index (κ1) is 12.1. The van der Waals surface area contributed by atoms with E-state index in [1.54, 1.807) is 6.92 Å². The van der Waals surface area contributed by atoms with Gasteiger partial charge in [0.05, 0.1) is 7.11 Å². The first-order valence-electron chi connectivity index (χ1n) is 5.07. The molecule has 0 spiro atoms. The molecule has 94 valence electrons. The molecule has 0 radical (unpaired) electrons. The van der Waals surface area contributed by atoms with Crippen LogP contribution in [-0.4, -0.2) is 23.3 Å². The zero-order valence-corrected chi connectivity index (χ0v) is 9.73. The SMILES string of the molecule is COc1c(C)cc(F)cc1-c1cc(C(=O)O)on1. The van der Waals surface area contributed by atoms with E-state index in [1.165, 1.54) is 25.3 Å². The Morgan fingerprint density at radius 1 is 1.44 bits per heavy atom. The predicted octanol–water partition coefficient (Wildman–Crippen LogP) is 2.50. The number of nitrogens with zero attached hydrogens (tertiary/aromatic N) is 1. The molecule has 0 aliphatic carbocycles. The van der Waals surface area contributed by atoms with Crippen LogP contribution in [-0.2, 0) is 0 Å². The summed E-state index contributed by atoms with van der Waals surface area (Å²) in [6.45, 7) is 1.68. The number of carbonyl (C=O) groups is 1. The van der Waals surface area contributed by atoms with E-state index in [0.717, 1.165) is 0 Å². The van der Waals surface area contributed by atoms with Gasteiger partial charge in [0, 0.05) is 11.6 Å². The molecule has 2 rings (SSSR count). The molecule has 0 amide bonds. The number of methoxy groups -OCH3 is 1. The van der Waals surface area contributed by atoms with E-state index in [9.17, 15) is 9.18 Å². The van der Waals surface area contributed by atoms with Crippen LogP contribution < -0.4 is 4.74 Å². The third-order valence-electron chi connectivity index (χ3n) is 2.44. The van der Waals surface area contributed by atoms with Crippen LogP contribution in [0.4, 0.5) is 4.39 Å². The quantitative estimate of drug-likeness (QED) is 0.907. The van der Waals surface area contributed by atoms with Crippen LogP contribution in [0.3, 0.4) is 0 Å². The van der Waals surface area contributed by atoms with Crippen molar-refractivity contribution in [2.24, 2.45) is 0 Å². The predicted molar refractivity (Wildman–Crippen MR) is 60.1 cm³/mol. The molecule has 6 heteroatoms. The summed E-state index contributed by atoms with van der Waals surface area (Å²) in [6.07, 6.45) is 0. The van der Waals surface area contributed by atoms with Crippen molar-refractivity contribution >= 4 is 5.97 Å². The monoisotopic (exact) mass is 251 g/mol. The Hall–Kier alpha value is -2.37. The third kappa shape index (κ3) is 2.04. The molecule has 0 unspecified atom stereocenters. The molecule has 18 heavy (non-hydrogen) atoms.